The minimum absolute atomic E-state index is 0.110. The van der Waals surface area contributed by atoms with Gasteiger partial charge >= 0.3 is 0 Å². The Labute approximate surface area is 220 Å². The average molecular weight is 543 g/mol. The molecule has 34 heavy (non-hydrogen) atoms. The zero-order chi connectivity index (χ0) is 24.6. The third-order valence-corrected chi connectivity index (χ3v) is 8.01. The molecule has 0 unspecified atom stereocenters. The van der Waals surface area contributed by atoms with Crippen molar-refractivity contribution in [2.45, 2.75) is 43.2 Å². The second-order valence-electron chi connectivity index (χ2n) is 9.36. The van der Waals surface area contributed by atoms with Crippen LogP contribution in [0.15, 0.2) is 36.4 Å². The molecule has 2 aromatic carbocycles. The molecule has 5 nitrogen and oxygen atoms in total. The van der Waals surface area contributed by atoms with E-state index >= 15 is 0 Å². The first-order chi connectivity index (χ1) is 16.1. The number of hydrogen-bond donors (Lipinski definition) is 1. The standard InChI is InChI=1S/C25H27Cl4N3O2/c1-31(2)18-7-10-32(14-18)23(33)22(11-15-3-4-16(26)12-20(15)28)30-24(34)25(8-9-25)19-6-5-17(27)13-21(19)29/h3-6,12-13,18,22H,7-11,14H2,1-2H3,(H,30,34)/t18-,22+/m1/s1. The van der Waals surface area contributed by atoms with E-state index in [1.165, 1.54) is 0 Å². The van der Waals surface area contributed by atoms with Crippen molar-refractivity contribution in [3.8, 4) is 0 Å². The Bertz CT molecular complexity index is 1100. The van der Waals surface area contributed by atoms with Gasteiger partial charge in [-0.15, -0.1) is 0 Å². The van der Waals surface area contributed by atoms with E-state index in [9.17, 15) is 9.59 Å². The smallest absolute Gasteiger partial charge is 0.245 e. The van der Waals surface area contributed by atoms with E-state index in [0.29, 0.717) is 52.1 Å². The normalized spacial score (nSPS) is 19.9. The van der Waals surface area contributed by atoms with E-state index in [0.717, 1.165) is 17.5 Å². The van der Waals surface area contributed by atoms with Crippen LogP contribution in [-0.2, 0) is 21.4 Å². The van der Waals surface area contributed by atoms with Gasteiger partial charge in [-0.05, 0) is 68.8 Å². The van der Waals surface area contributed by atoms with E-state index in [1.54, 1.807) is 36.4 Å². The number of likely N-dealkylation sites (tertiary alicyclic amines) is 1. The molecule has 2 atom stereocenters. The monoisotopic (exact) mass is 541 g/mol. The summed E-state index contributed by atoms with van der Waals surface area (Å²) in [6.45, 7) is 1.28. The second kappa shape index (κ2) is 10.2. The highest BCUT2D eigenvalue weighted by Gasteiger charge is 2.53. The number of rotatable bonds is 7. The third kappa shape index (κ3) is 5.34. The van der Waals surface area contributed by atoms with Crippen LogP contribution in [0, 0.1) is 0 Å². The Morgan fingerprint density at radius 3 is 2.26 bits per heavy atom. The maximum Gasteiger partial charge on any atom is 0.245 e. The number of nitrogens with one attached hydrogen (secondary N) is 1. The predicted octanol–water partition coefficient (Wildman–Crippen LogP) is 5.22. The molecule has 9 heteroatoms. The largest absolute Gasteiger partial charge is 0.343 e. The average Bonchev–Trinajstić information content (AvgIpc) is 3.42. The van der Waals surface area contributed by atoms with Crippen molar-refractivity contribution in [1.82, 2.24) is 15.1 Å². The van der Waals surface area contributed by atoms with Crippen LogP contribution in [0.25, 0.3) is 0 Å². The fourth-order valence-corrected chi connectivity index (χ4v) is 5.68. The number of nitrogens with zero attached hydrogens (tertiary/aromatic N) is 2. The Hall–Kier alpha value is -1.50. The lowest BCUT2D eigenvalue weighted by Crippen LogP contribution is -2.52. The predicted molar refractivity (Wildman–Crippen MR) is 138 cm³/mol. The lowest BCUT2D eigenvalue weighted by Gasteiger charge is -2.28. The van der Waals surface area contributed by atoms with Crippen LogP contribution in [0.5, 0.6) is 0 Å². The van der Waals surface area contributed by atoms with Gasteiger partial charge < -0.3 is 15.1 Å². The van der Waals surface area contributed by atoms with Crippen LogP contribution in [0.2, 0.25) is 20.1 Å². The first kappa shape index (κ1) is 25.6. The Morgan fingerprint density at radius 1 is 1.06 bits per heavy atom. The summed E-state index contributed by atoms with van der Waals surface area (Å²) >= 11 is 25.0. The van der Waals surface area contributed by atoms with Crippen molar-refractivity contribution in [2.75, 3.05) is 27.2 Å². The molecule has 1 saturated carbocycles. The zero-order valence-electron chi connectivity index (χ0n) is 19.1. The van der Waals surface area contributed by atoms with Gasteiger partial charge in [0.25, 0.3) is 0 Å². The zero-order valence-corrected chi connectivity index (χ0v) is 22.1. The van der Waals surface area contributed by atoms with Gasteiger partial charge in [0.15, 0.2) is 0 Å². The van der Waals surface area contributed by atoms with Crippen molar-refractivity contribution in [3.05, 3.63) is 67.6 Å². The van der Waals surface area contributed by atoms with E-state index < -0.39 is 11.5 Å². The molecule has 4 rings (SSSR count). The molecule has 0 radical (unpaired) electrons. The summed E-state index contributed by atoms with van der Waals surface area (Å²) in [5.41, 5.74) is 0.740. The Balaban J connectivity index is 1.58. The van der Waals surface area contributed by atoms with Gasteiger partial charge in [0.1, 0.15) is 6.04 Å². The number of benzene rings is 2. The Kier molecular flexibility index (Phi) is 7.70. The maximum atomic E-state index is 13.6. The SMILES string of the molecule is CN(C)[C@@H]1CCN(C(=O)[C@H](Cc2ccc(Cl)cc2Cl)NC(=O)C2(c3ccc(Cl)cc3Cl)CC2)C1. The van der Waals surface area contributed by atoms with Crippen LogP contribution < -0.4 is 5.32 Å². The van der Waals surface area contributed by atoms with Gasteiger partial charge in [-0.2, -0.15) is 0 Å². The Morgan fingerprint density at radius 2 is 1.71 bits per heavy atom. The molecule has 1 N–H and O–H groups in total. The molecule has 2 aromatic rings. The summed E-state index contributed by atoms with van der Waals surface area (Å²) in [6.07, 6.45) is 2.49. The van der Waals surface area contributed by atoms with Gasteiger partial charge in [0.05, 0.1) is 5.41 Å². The number of carbonyl (C=O) groups is 2. The van der Waals surface area contributed by atoms with Crippen molar-refractivity contribution in [2.24, 2.45) is 0 Å². The third-order valence-electron chi connectivity index (χ3n) is 6.88. The van der Waals surface area contributed by atoms with Gasteiger partial charge in [-0.25, -0.2) is 0 Å². The molecule has 2 aliphatic rings. The number of amides is 2. The lowest BCUT2D eigenvalue weighted by molar-refractivity contribution is -0.136. The lowest BCUT2D eigenvalue weighted by atomic mass is 9.93. The first-order valence-corrected chi connectivity index (χ1v) is 12.8. The van der Waals surface area contributed by atoms with Crippen molar-refractivity contribution < 1.29 is 9.59 Å². The van der Waals surface area contributed by atoms with Crippen molar-refractivity contribution >= 4 is 58.2 Å². The molecular formula is C25H27Cl4N3O2. The second-order valence-corrected chi connectivity index (χ2v) is 11.0. The van der Waals surface area contributed by atoms with Crippen LogP contribution in [0.1, 0.15) is 30.4 Å². The fourth-order valence-electron chi connectivity index (χ4n) is 4.61. The highest BCUT2D eigenvalue weighted by molar-refractivity contribution is 6.35. The molecular weight excluding hydrogens is 516 g/mol. The summed E-state index contributed by atoms with van der Waals surface area (Å²) in [5, 5.41) is 5.00. The summed E-state index contributed by atoms with van der Waals surface area (Å²) in [7, 11) is 4.02. The molecule has 182 valence electrons. The highest BCUT2D eigenvalue weighted by Crippen LogP contribution is 2.51. The number of carbonyl (C=O) groups excluding carboxylic acids is 2. The molecule has 2 fully saturated rings. The van der Waals surface area contributed by atoms with Crippen molar-refractivity contribution in [1.29, 1.82) is 0 Å². The maximum absolute atomic E-state index is 13.6. The van der Waals surface area contributed by atoms with E-state index in [1.807, 2.05) is 19.0 Å². The van der Waals surface area contributed by atoms with Crippen LogP contribution in [-0.4, -0.2) is 60.9 Å². The molecule has 0 bridgehead atoms. The molecule has 0 spiro atoms. The minimum atomic E-state index is -0.754. The molecule has 1 saturated heterocycles. The fraction of sp³-hybridized carbons (Fsp3) is 0.440. The molecule has 0 aromatic heterocycles. The molecule has 1 aliphatic carbocycles. The van der Waals surface area contributed by atoms with Gasteiger partial charge in [-0.1, -0.05) is 58.5 Å². The molecule has 1 heterocycles. The molecule has 1 aliphatic heterocycles. The van der Waals surface area contributed by atoms with Gasteiger partial charge in [0.2, 0.25) is 11.8 Å². The van der Waals surface area contributed by atoms with E-state index in [-0.39, 0.29) is 18.2 Å². The summed E-state index contributed by atoms with van der Waals surface area (Å²) in [5.74, 6) is -0.315. The van der Waals surface area contributed by atoms with Crippen LogP contribution >= 0.6 is 46.4 Å². The summed E-state index contributed by atoms with van der Waals surface area (Å²) in [4.78, 5) is 31.1. The van der Waals surface area contributed by atoms with Crippen LogP contribution in [0.3, 0.4) is 0 Å². The summed E-state index contributed by atoms with van der Waals surface area (Å²) in [6, 6.07) is 9.90. The number of hydrogen-bond acceptors (Lipinski definition) is 3. The summed E-state index contributed by atoms with van der Waals surface area (Å²) < 4.78 is 0. The van der Waals surface area contributed by atoms with E-state index in [4.69, 9.17) is 46.4 Å². The topological polar surface area (TPSA) is 52.6 Å². The number of halogens is 4. The molecule has 2 amide bonds. The number of likely N-dealkylation sites (N-methyl/N-ethyl adjacent to an activating group) is 1. The van der Waals surface area contributed by atoms with Gasteiger partial charge in [-0.3, -0.25) is 9.59 Å². The quantitative estimate of drug-likeness (QED) is 0.521. The van der Waals surface area contributed by atoms with E-state index in [2.05, 4.69) is 10.2 Å². The minimum Gasteiger partial charge on any atom is -0.343 e. The van der Waals surface area contributed by atoms with Gasteiger partial charge in [0, 0.05) is 45.6 Å². The highest BCUT2D eigenvalue weighted by atomic mass is 35.5. The first-order valence-electron chi connectivity index (χ1n) is 11.3. The van der Waals surface area contributed by atoms with Crippen LogP contribution in [0.4, 0.5) is 0 Å². The van der Waals surface area contributed by atoms with Crippen molar-refractivity contribution in [3.63, 3.8) is 0 Å².